The molecule has 3 aromatic rings. The highest BCUT2D eigenvalue weighted by Gasteiger charge is 2.08. The second-order valence-corrected chi connectivity index (χ2v) is 5.80. The summed E-state index contributed by atoms with van der Waals surface area (Å²) >= 11 is 6.07. The van der Waals surface area contributed by atoms with Crippen LogP contribution in [0.5, 0.6) is 0 Å². The van der Waals surface area contributed by atoms with Gasteiger partial charge in [0.05, 0.1) is 33.7 Å². The number of halogens is 1. The molecule has 0 aliphatic rings. The minimum absolute atomic E-state index is 0.0890. The number of aromatic nitrogens is 1. The number of carbonyl (C=O) groups is 2. The number of aromatic carboxylic acids is 2. The third-order valence-electron chi connectivity index (χ3n) is 3.68. The first-order valence-electron chi connectivity index (χ1n) is 7.54. The fourth-order valence-electron chi connectivity index (χ4n) is 2.40. The number of carboxylic acid groups (broad SMARTS) is 2. The van der Waals surface area contributed by atoms with E-state index in [0.717, 1.165) is 0 Å². The molecule has 2 N–H and O–H groups in total. The van der Waals surface area contributed by atoms with E-state index in [1.54, 1.807) is 47.3 Å². The van der Waals surface area contributed by atoms with E-state index >= 15 is 0 Å². The van der Waals surface area contributed by atoms with Gasteiger partial charge in [0.2, 0.25) is 0 Å². The Balaban J connectivity index is 1.96. The number of rotatable bonds is 5. The molecule has 0 atom stereocenters. The van der Waals surface area contributed by atoms with Crippen LogP contribution >= 0.6 is 11.6 Å². The van der Waals surface area contributed by atoms with Gasteiger partial charge < -0.3 is 14.8 Å². The molecule has 130 valence electrons. The lowest BCUT2D eigenvalue weighted by Gasteiger charge is -2.07. The Hall–Kier alpha value is -3.38. The Morgan fingerprint density at radius 2 is 1.69 bits per heavy atom. The van der Waals surface area contributed by atoms with E-state index in [-0.39, 0.29) is 11.1 Å². The van der Waals surface area contributed by atoms with Gasteiger partial charge in [-0.15, -0.1) is 0 Å². The van der Waals surface area contributed by atoms with Crippen LogP contribution in [0.1, 0.15) is 26.4 Å². The summed E-state index contributed by atoms with van der Waals surface area (Å²) in [5.41, 5.74) is 1.95. The SMILES string of the molecule is O=C(O)c1cccc(-n2cccc2C=Nc2cc(C(=O)O)ccc2Cl)c1. The molecule has 0 amide bonds. The highest BCUT2D eigenvalue weighted by Crippen LogP contribution is 2.26. The van der Waals surface area contributed by atoms with Gasteiger partial charge in [0.1, 0.15) is 0 Å². The van der Waals surface area contributed by atoms with Crippen LogP contribution in [0.25, 0.3) is 5.69 Å². The summed E-state index contributed by atoms with van der Waals surface area (Å²) in [5, 5.41) is 18.5. The van der Waals surface area contributed by atoms with Crippen molar-refractivity contribution in [1.29, 1.82) is 0 Å². The van der Waals surface area contributed by atoms with Gasteiger partial charge in [-0.3, -0.25) is 4.99 Å². The zero-order chi connectivity index (χ0) is 18.7. The molecule has 0 aliphatic heterocycles. The molecule has 2 aromatic carbocycles. The highest BCUT2D eigenvalue weighted by molar-refractivity contribution is 6.33. The minimum atomic E-state index is -1.06. The molecular weight excluding hydrogens is 356 g/mol. The molecule has 0 saturated heterocycles. The van der Waals surface area contributed by atoms with Gasteiger partial charge in [0, 0.05) is 11.9 Å². The Bertz CT molecular complexity index is 1020. The number of carboxylic acids is 2. The van der Waals surface area contributed by atoms with Crippen molar-refractivity contribution in [3.8, 4) is 5.69 Å². The van der Waals surface area contributed by atoms with Crippen molar-refractivity contribution in [1.82, 2.24) is 4.57 Å². The predicted octanol–water partition coefficient (Wildman–Crippen LogP) is 4.28. The van der Waals surface area contributed by atoms with Crippen molar-refractivity contribution in [3.05, 3.63) is 82.6 Å². The summed E-state index contributed by atoms with van der Waals surface area (Å²) < 4.78 is 1.77. The molecule has 0 unspecified atom stereocenters. The Labute approximate surface area is 153 Å². The first-order chi connectivity index (χ1) is 12.5. The van der Waals surface area contributed by atoms with Crippen molar-refractivity contribution in [2.75, 3.05) is 0 Å². The minimum Gasteiger partial charge on any atom is -0.478 e. The van der Waals surface area contributed by atoms with E-state index in [2.05, 4.69) is 4.99 Å². The van der Waals surface area contributed by atoms with E-state index in [9.17, 15) is 9.59 Å². The summed E-state index contributed by atoms with van der Waals surface area (Å²) in [6.07, 6.45) is 3.32. The average Bonchev–Trinajstić information content (AvgIpc) is 3.09. The van der Waals surface area contributed by atoms with Gasteiger partial charge in [0.25, 0.3) is 0 Å². The molecule has 0 aliphatic carbocycles. The normalized spacial score (nSPS) is 11.0. The number of benzene rings is 2. The van der Waals surface area contributed by atoms with Crippen molar-refractivity contribution in [3.63, 3.8) is 0 Å². The van der Waals surface area contributed by atoms with Crippen LogP contribution in [-0.2, 0) is 0 Å². The van der Waals surface area contributed by atoms with Crippen LogP contribution in [0.15, 0.2) is 65.8 Å². The third kappa shape index (κ3) is 3.65. The zero-order valence-corrected chi connectivity index (χ0v) is 14.1. The number of nitrogens with zero attached hydrogens (tertiary/aromatic N) is 2. The van der Waals surface area contributed by atoms with Crippen LogP contribution in [0.3, 0.4) is 0 Å². The second kappa shape index (κ2) is 7.25. The van der Waals surface area contributed by atoms with E-state index in [0.29, 0.717) is 22.1 Å². The summed E-state index contributed by atoms with van der Waals surface area (Å²) in [5.74, 6) is -2.07. The van der Waals surface area contributed by atoms with Crippen LogP contribution in [0, 0.1) is 0 Å². The molecular formula is C19H13ClN2O4. The smallest absolute Gasteiger partial charge is 0.335 e. The van der Waals surface area contributed by atoms with Gasteiger partial charge in [-0.1, -0.05) is 17.7 Å². The molecule has 7 heteroatoms. The van der Waals surface area contributed by atoms with E-state index < -0.39 is 11.9 Å². The van der Waals surface area contributed by atoms with Gasteiger partial charge in [-0.2, -0.15) is 0 Å². The van der Waals surface area contributed by atoms with Crippen molar-refractivity contribution in [2.45, 2.75) is 0 Å². The fourth-order valence-corrected chi connectivity index (χ4v) is 2.57. The summed E-state index contributed by atoms with van der Waals surface area (Å²) in [6.45, 7) is 0. The molecule has 26 heavy (non-hydrogen) atoms. The second-order valence-electron chi connectivity index (χ2n) is 5.39. The maximum absolute atomic E-state index is 11.1. The number of hydrogen-bond acceptors (Lipinski definition) is 3. The largest absolute Gasteiger partial charge is 0.478 e. The molecule has 0 saturated carbocycles. The standard InChI is InChI=1S/C19H13ClN2O4/c20-16-7-6-13(19(25)26)10-17(16)21-11-15-5-2-8-22(15)14-4-1-3-12(9-14)18(23)24/h1-11H,(H,23,24)(H,25,26). The lowest BCUT2D eigenvalue weighted by Crippen LogP contribution is -2.01. The molecule has 1 aromatic heterocycles. The quantitative estimate of drug-likeness (QED) is 0.657. The lowest BCUT2D eigenvalue weighted by atomic mass is 10.2. The summed E-state index contributed by atoms with van der Waals surface area (Å²) in [6, 6.07) is 14.4. The summed E-state index contributed by atoms with van der Waals surface area (Å²) in [7, 11) is 0. The topological polar surface area (TPSA) is 91.9 Å². The first kappa shape index (κ1) is 17.4. The third-order valence-corrected chi connectivity index (χ3v) is 4.00. The Morgan fingerprint density at radius 1 is 0.962 bits per heavy atom. The average molecular weight is 369 g/mol. The van der Waals surface area contributed by atoms with Crippen LogP contribution in [0.2, 0.25) is 5.02 Å². The number of aliphatic imine (C=N–C) groups is 1. The van der Waals surface area contributed by atoms with E-state index in [1.807, 2.05) is 0 Å². The molecule has 0 fully saturated rings. The van der Waals surface area contributed by atoms with Crippen LogP contribution < -0.4 is 0 Å². The lowest BCUT2D eigenvalue weighted by molar-refractivity contribution is 0.0686. The van der Waals surface area contributed by atoms with Crippen molar-refractivity contribution in [2.24, 2.45) is 4.99 Å². The predicted molar refractivity (Wildman–Crippen MR) is 98.4 cm³/mol. The van der Waals surface area contributed by atoms with Gasteiger partial charge in [-0.25, -0.2) is 9.59 Å². The van der Waals surface area contributed by atoms with Gasteiger partial charge >= 0.3 is 11.9 Å². The molecule has 0 spiro atoms. The van der Waals surface area contributed by atoms with Crippen LogP contribution in [0.4, 0.5) is 5.69 Å². The molecule has 0 bridgehead atoms. The first-order valence-corrected chi connectivity index (χ1v) is 7.91. The van der Waals surface area contributed by atoms with Crippen LogP contribution in [-0.4, -0.2) is 32.9 Å². The Morgan fingerprint density at radius 3 is 2.42 bits per heavy atom. The monoisotopic (exact) mass is 368 g/mol. The maximum atomic E-state index is 11.1. The molecule has 1 heterocycles. The zero-order valence-electron chi connectivity index (χ0n) is 13.3. The number of hydrogen-bond donors (Lipinski definition) is 2. The maximum Gasteiger partial charge on any atom is 0.335 e. The molecule has 0 radical (unpaired) electrons. The molecule has 6 nitrogen and oxygen atoms in total. The summed E-state index contributed by atoms with van der Waals surface area (Å²) in [4.78, 5) is 26.5. The van der Waals surface area contributed by atoms with E-state index in [4.69, 9.17) is 21.8 Å². The van der Waals surface area contributed by atoms with Gasteiger partial charge in [-0.05, 0) is 48.5 Å². The fraction of sp³-hybridized carbons (Fsp3) is 0. The van der Waals surface area contributed by atoms with Crippen molar-refractivity contribution < 1.29 is 19.8 Å². The molecule has 3 rings (SSSR count). The van der Waals surface area contributed by atoms with E-state index in [1.165, 1.54) is 24.3 Å². The Kier molecular flexibility index (Phi) is 4.86. The van der Waals surface area contributed by atoms with Gasteiger partial charge in [0.15, 0.2) is 0 Å². The van der Waals surface area contributed by atoms with Crippen molar-refractivity contribution >= 4 is 35.4 Å². The highest BCUT2D eigenvalue weighted by atomic mass is 35.5.